The molecule has 1 aliphatic rings. The van der Waals surface area contributed by atoms with Crippen LogP contribution in [0.5, 0.6) is 0 Å². The van der Waals surface area contributed by atoms with E-state index in [1.807, 2.05) is 42.5 Å². The molecule has 0 saturated carbocycles. The van der Waals surface area contributed by atoms with E-state index in [1.165, 1.54) is 11.6 Å². The quantitative estimate of drug-likeness (QED) is 0.246. The first-order valence-corrected chi connectivity index (χ1v) is 13.9. The molecular formula is C33H32FNO2S. The Bertz CT molecular complexity index is 1440. The third kappa shape index (κ3) is 5.01. The largest absolute Gasteiger partial charge is 0.478 e. The van der Waals surface area contributed by atoms with Gasteiger partial charge in [0.2, 0.25) is 0 Å². The van der Waals surface area contributed by atoms with Crippen molar-refractivity contribution in [1.82, 2.24) is 4.90 Å². The van der Waals surface area contributed by atoms with Gasteiger partial charge in [-0.1, -0.05) is 66.7 Å². The van der Waals surface area contributed by atoms with Crippen LogP contribution in [0.3, 0.4) is 0 Å². The van der Waals surface area contributed by atoms with Crippen LogP contribution in [-0.4, -0.2) is 42.4 Å². The van der Waals surface area contributed by atoms with Crippen LogP contribution in [0.15, 0.2) is 102 Å². The van der Waals surface area contributed by atoms with E-state index in [9.17, 15) is 14.3 Å². The lowest BCUT2D eigenvalue weighted by Crippen LogP contribution is -2.35. The average molecular weight is 526 g/mol. The van der Waals surface area contributed by atoms with Crippen LogP contribution in [0.4, 0.5) is 4.39 Å². The second-order valence-electron chi connectivity index (χ2n) is 10.2. The van der Waals surface area contributed by atoms with E-state index in [0.717, 1.165) is 40.1 Å². The number of hydrogen-bond donors (Lipinski definition) is 1. The predicted molar refractivity (Wildman–Crippen MR) is 153 cm³/mol. The first kappa shape index (κ1) is 26.2. The molecule has 2 atom stereocenters. The summed E-state index contributed by atoms with van der Waals surface area (Å²) in [7, 11) is 4.14. The maximum Gasteiger partial charge on any atom is 0.336 e. The van der Waals surface area contributed by atoms with Gasteiger partial charge in [-0.3, -0.25) is 0 Å². The van der Waals surface area contributed by atoms with Crippen LogP contribution in [0.1, 0.15) is 50.5 Å². The number of thioether (sulfide) groups is 1. The van der Waals surface area contributed by atoms with Crippen molar-refractivity contribution >= 4 is 17.7 Å². The molecule has 0 spiro atoms. The van der Waals surface area contributed by atoms with Gasteiger partial charge in [0.05, 0.1) is 11.0 Å². The summed E-state index contributed by atoms with van der Waals surface area (Å²) in [5.41, 5.74) is 4.46. The predicted octanol–water partition coefficient (Wildman–Crippen LogP) is 7.24. The summed E-state index contributed by atoms with van der Waals surface area (Å²) in [5, 5.41) is 10.3. The van der Waals surface area contributed by atoms with Crippen molar-refractivity contribution in [2.45, 2.75) is 29.1 Å². The van der Waals surface area contributed by atoms with Crippen molar-refractivity contribution in [3.63, 3.8) is 0 Å². The Labute approximate surface area is 228 Å². The van der Waals surface area contributed by atoms with Crippen LogP contribution < -0.4 is 0 Å². The summed E-state index contributed by atoms with van der Waals surface area (Å²) in [6.45, 7) is 0.904. The third-order valence-corrected chi connectivity index (χ3v) is 8.78. The van der Waals surface area contributed by atoms with Gasteiger partial charge in [0.15, 0.2) is 0 Å². The number of carboxylic acid groups (broad SMARTS) is 1. The molecule has 0 aliphatic heterocycles. The first-order chi connectivity index (χ1) is 18.4. The number of carboxylic acids is 1. The van der Waals surface area contributed by atoms with E-state index >= 15 is 0 Å². The number of fused-ring (bicyclic) bond motifs is 2. The molecule has 0 aromatic heterocycles. The SMILES string of the molecule is CN(C)CCC1Cc2cc(F)ccc2C(CSc2ccccc2)(c2ccccc2C(=O)O)c2ccccc21. The molecule has 5 rings (SSSR count). The second-order valence-corrected chi connectivity index (χ2v) is 11.3. The van der Waals surface area contributed by atoms with Crippen LogP contribution in [0, 0.1) is 5.82 Å². The molecule has 3 nitrogen and oxygen atoms in total. The summed E-state index contributed by atoms with van der Waals surface area (Å²) in [6, 6.07) is 31.0. The van der Waals surface area contributed by atoms with Crippen molar-refractivity contribution < 1.29 is 14.3 Å². The van der Waals surface area contributed by atoms with E-state index in [0.29, 0.717) is 12.2 Å². The van der Waals surface area contributed by atoms with Gasteiger partial charge in [-0.15, -0.1) is 11.8 Å². The van der Waals surface area contributed by atoms with Crippen molar-refractivity contribution in [2.24, 2.45) is 0 Å². The summed E-state index contributed by atoms with van der Waals surface area (Å²) in [4.78, 5) is 15.9. The standard InChI is InChI=1S/C33H32FNO2S/c1-35(2)19-18-23-20-24-21-25(34)16-17-29(24)33(30-14-8-6-12-27(23)30,22-38-26-10-4-3-5-11-26)31-15-9-7-13-28(31)32(36)37/h3-17,21,23H,18-20,22H2,1-2H3,(H,36,37). The summed E-state index contributed by atoms with van der Waals surface area (Å²) in [5.74, 6) is -0.469. The summed E-state index contributed by atoms with van der Waals surface area (Å²) >= 11 is 1.71. The zero-order valence-corrected chi connectivity index (χ0v) is 22.5. The molecule has 38 heavy (non-hydrogen) atoms. The molecule has 0 radical (unpaired) electrons. The molecule has 2 unspecified atom stereocenters. The maximum absolute atomic E-state index is 14.8. The van der Waals surface area contributed by atoms with E-state index in [1.54, 1.807) is 30.0 Å². The van der Waals surface area contributed by atoms with E-state index in [2.05, 4.69) is 49.3 Å². The average Bonchev–Trinajstić information content (AvgIpc) is 3.04. The normalized spacial score (nSPS) is 18.5. The first-order valence-electron chi connectivity index (χ1n) is 12.9. The number of carbonyl (C=O) groups is 1. The molecule has 4 aromatic rings. The summed E-state index contributed by atoms with van der Waals surface area (Å²) in [6.07, 6.45) is 1.62. The van der Waals surface area contributed by atoms with Crippen molar-refractivity contribution in [3.8, 4) is 0 Å². The van der Waals surface area contributed by atoms with Gasteiger partial charge in [-0.05, 0) is 97.5 Å². The Morgan fingerprint density at radius 2 is 1.61 bits per heavy atom. The van der Waals surface area contributed by atoms with E-state index in [-0.39, 0.29) is 17.3 Å². The maximum atomic E-state index is 14.8. The summed E-state index contributed by atoms with van der Waals surface area (Å²) < 4.78 is 14.8. The molecule has 4 aromatic carbocycles. The van der Waals surface area contributed by atoms with Crippen LogP contribution >= 0.6 is 11.8 Å². The topological polar surface area (TPSA) is 40.5 Å². The highest BCUT2D eigenvalue weighted by Crippen LogP contribution is 2.51. The van der Waals surface area contributed by atoms with Gasteiger partial charge in [-0.25, -0.2) is 9.18 Å². The molecule has 1 aliphatic carbocycles. The van der Waals surface area contributed by atoms with Gasteiger partial charge in [0.1, 0.15) is 5.82 Å². The van der Waals surface area contributed by atoms with Crippen molar-refractivity contribution in [3.05, 3.63) is 136 Å². The zero-order valence-electron chi connectivity index (χ0n) is 21.7. The van der Waals surface area contributed by atoms with Crippen LogP contribution in [-0.2, 0) is 11.8 Å². The number of nitrogens with zero attached hydrogens (tertiary/aromatic N) is 1. The molecule has 0 fully saturated rings. The molecule has 0 amide bonds. The Hall–Kier alpha value is -3.41. The smallest absolute Gasteiger partial charge is 0.336 e. The van der Waals surface area contributed by atoms with E-state index < -0.39 is 11.4 Å². The monoisotopic (exact) mass is 525 g/mol. The number of hydrogen-bond acceptors (Lipinski definition) is 3. The van der Waals surface area contributed by atoms with Crippen molar-refractivity contribution in [1.29, 1.82) is 0 Å². The minimum Gasteiger partial charge on any atom is -0.478 e. The number of rotatable bonds is 8. The lowest BCUT2D eigenvalue weighted by Gasteiger charge is -2.38. The Morgan fingerprint density at radius 3 is 2.34 bits per heavy atom. The molecular weight excluding hydrogens is 493 g/mol. The fraction of sp³-hybridized carbons (Fsp3) is 0.242. The third-order valence-electron chi connectivity index (χ3n) is 7.59. The molecule has 0 heterocycles. The molecule has 1 N–H and O–H groups in total. The highest BCUT2D eigenvalue weighted by atomic mass is 32.2. The Morgan fingerprint density at radius 1 is 0.921 bits per heavy atom. The van der Waals surface area contributed by atoms with E-state index in [4.69, 9.17) is 0 Å². The number of benzene rings is 4. The molecule has 0 bridgehead atoms. The fourth-order valence-electron chi connectivity index (χ4n) is 5.85. The highest BCUT2D eigenvalue weighted by molar-refractivity contribution is 7.99. The highest BCUT2D eigenvalue weighted by Gasteiger charge is 2.44. The van der Waals surface area contributed by atoms with Gasteiger partial charge in [-0.2, -0.15) is 0 Å². The number of aromatic carboxylic acids is 1. The molecule has 0 saturated heterocycles. The minimum atomic E-state index is -0.959. The molecule has 194 valence electrons. The van der Waals surface area contributed by atoms with Crippen LogP contribution in [0.25, 0.3) is 0 Å². The fourth-order valence-corrected chi connectivity index (χ4v) is 7.05. The zero-order chi connectivity index (χ0) is 26.7. The number of halogens is 1. The molecule has 5 heteroatoms. The van der Waals surface area contributed by atoms with Crippen LogP contribution in [0.2, 0.25) is 0 Å². The van der Waals surface area contributed by atoms with Gasteiger partial charge < -0.3 is 10.0 Å². The lowest BCUT2D eigenvalue weighted by molar-refractivity contribution is 0.0694. The van der Waals surface area contributed by atoms with Gasteiger partial charge >= 0.3 is 5.97 Å². The van der Waals surface area contributed by atoms with Gasteiger partial charge in [0, 0.05) is 10.6 Å². The Balaban J connectivity index is 1.83. The second kappa shape index (κ2) is 11.1. The van der Waals surface area contributed by atoms with Gasteiger partial charge in [0.25, 0.3) is 0 Å². The minimum absolute atomic E-state index is 0.176. The lowest BCUT2D eigenvalue weighted by atomic mass is 9.67. The Kier molecular flexibility index (Phi) is 7.68. The van der Waals surface area contributed by atoms with Crippen molar-refractivity contribution in [2.75, 3.05) is 26.4 Å².